The number of nitrogens with one attached hydrogen (secondary N) is 1. The zero-order valence-corrected chi connectivity index (χ0v) is 11.3. The average Bonchev–Trinajstić information content (AvgIpc) is 2.98. The van der Waals surface area contributed by atoms with Gasteiger partial charge in [0, 0.05) is 17.8 Å². The van der Waals surface area contributed by atoms with Crippen LogP contribution >= 0.6 is 11.3 Å². The Hall–Kier alpha value is -1.13. The standard InChI is InChI=1S/C13H18N2OS/c1-4-10-6-7-12(16-10)13-15-11(8-17-13)9(3)14-5-2/h6-9,14H,4-5H2,1-3H3. The minimum atomic E-state index is 0.297. The van der Waals surface area contributed by atoms with Crippen molar-refractivity contribution in [1.29, 1.82) is 0 Å². The molecule has 17 heavy (non-hydrogen) atoms. The van der Waals surface area contributed by atoms with Gasteiger partial charge in [0.25, 0.3) is 0 Å². The zero-order chi connectivity index (χ0) is 12.3. The number of thiazole rings is 1. The molecule has 0 spiro atoms. The third kappa shape index (κ3) is 2.76. The Labute approximate surface area is 106 Å². The lowest BCUT2D eigenvalue weighted by Crippen LogP contribution is -2.17. The first-order chi connectivity index (χ1) is 8.24. The number of hydrogen-bond acceptors (Lipinski definition) is 4. The first-order valence-corrected chi connectivity index (χ1v) is 6.90. The summed E-state index contributed by atoms with van der Waals surface area (Å²) in [5, 5.41) is 6.41. The number of hydrogen-bond donors (Lipinski definition) is 1. The summed E-state index contributed by atoms with van der Waals surface area (Å²) in [4.78, 5) is 4.61. The highest BCUT2D eigenvalue weighted by atomic mass is 32.1. The van der Waals surface area contributed by atoms with Crippen molar-refractivity contribution >= 4 is 11.3 Å². The summed E-state index contributed by atoms with van der Waals surface area (Å²) in [5.41, 5.74) is 1.08. The maximum atomic E-state index is 5.70. The van der Waals surface area contributed by atoms with Crippen molar-refractivity contribution in [3.63, 3.8) is 0 Å². The van der Waals surface area contributed by atoms with E-state index < -0.39 is 0 Å². The molecule has 2 rings (SSSR count). The highest BCUT2D eigenvalue weighted by Gasteiger charge is 2.12. The first-order valence-electron chi connectivity index (χ1n) is 6.02. The molecule has 0 radical (unpaired) electrons. The van der Waals surface area contributed by atoms with Crippen LogP contribution in [0.5, 0.6) is 0 Å². The van der Waals surface area contributed by atoms with Crippen LogP contribution in [0.1, 0.15) is 38.3 Å². The number of rotatable bonds is 5. The summed E-state index contributed by atoms with van der Waals surface area (Å²) in [6, 6.07) is 4.31. The van der Waals surface area contributed by atoms with Gasteiger partial charge in [-0.05, 0) is 25.6 Å². The van der Waals surface area contributed by atoms with E-state index >= 15 is 0 Å². The van der Waals surface area contributed by atoms with Gasteiger partial charge in [0.05, 0.1) is 5.69 Å². The van der Waals surface area contributed by atoms with Gasteiger partial charge in [0.15, 0.2) is 10.8 Å². The Kier molecular flexibility index (Phi) is 3.97. The highest BCUT2D eigenvalue weighted by Crippen LogP contribution is 2.27. The van der Waals surface area contributed by atoms with Crippen molar-refractivity contribution < 1.29 is 4.42 Å². The van der Waals surface area contributed by atoms with Gasteiger partial charge in [-0.3, -0.25) is 0 Å². The van der Waals surface area contributed by atoms with Crippen LogP contribution in [0, 0.1) is 0 Å². The average molecular weight is 250 g/mol. The molecule has 0 aliphatic rings. The second kappa shape index (κ2) is 5.47. The summed E-state index contributed by atoms with van der Waals surface area (Å²) >= 11 is 1.64. The lowest BCUT2D eigenvalue weighted by molar-refractivity contribution is 0.528. The van der Waals surface area contributed by atoms with Gasteiger partial charge in [0.1, 0.15) is 5.76 Å². The number of furan rings is 1. The summed E-state index contributed by atoms with van der Waals surface area (Å²) in [6.45, 7) is 7.27. The molecule has 0 aliphatic carbocycles. The van der Waals surface area contributed by atoms with E-state index in [9.17, 15) is 0 Å². The molecule has 0 saturated heterocycles. The number of nitrogens with zero attached hydrogens (tertiary/aromatic N) is 1. The molecule has 4 heteroatoms. The quantitative estimate of drug-likeness (QED) is 0.880. The fraction of sp³-hybridized carbons (Fsp3) is 0.462. The van der Waals surface area contributed by atoms with E-state index in [0.717, 1.165) is 35.2 Å². The van der Waals surface area contributed by atoms with Crippen LogP contribution in [0.3, 0.4) is 0 Å². The van der Waals surface area contributed by atoms with E-state index in [1.165, 1.54) is 0 Å². The molecule has 0 bridgehead atoms. The van der Waals surface area contributed by atoms with Gasteiger partial charge < -0.3 is 9.73 Å². The largest absolute Gasteiger partial charge is 0.459 e. The predicted octanol–water partition coefficient (Wildman–Crippen LogP) is 3.64. The predicted molar refractivity (Wildman–Crippen MR) is 71.3 cm³/mol. The van der Waals surface area contributed by atoms with Crippen LogP contribution in [0.25, 0.3) is 10.8 Å². The molecule has 2 heterocycles. The fourth-order valence-corrected chi connectivity index (χ4v) is 2.57. The van der Waals surface area contributed by atoms with Crippen LogP contribution in [0.2, 0.25) is 0 Å². The summed E-state index contributed by atoms with van der Waals surface area (Å²) in [7, 11) is 0. The second-order valence-corrected chi connectivity index (χ2v) is 4.83. The zero-order valence-electron chi connectivity index (χ0n) is 10.5. The Bertz CT molecular complexity index is 475. The van der Waals surface area contributed by atoms with Gasteiger partial charge in [-0.2, -0.15) is 0 Å². The Morgan fingerprint density at radius 2 is 2.24 bits per heavy atom. The summed E-state index contributed by atoms with van der Waals surface area (Å²) in [5.74, 6) is 1.89. The minimum absolute atomic E-state index is 0.297. The van der Waals surface area contributed by atoms with E-state index in [1.807, 2.05) is 12.1 Å². The maximum absolute atomic E-state index is 5.70. The fourth-order valence-electron chi connectivity index (χ4n) is 1.69. The molecule has 0 amide bonds. The molecule has 92 valence electrons. The van der Waals surface area contributed by atoms with E-state index in [4.69, 9.17) is 4.42 Å². The number of aryl methyl sites for hydroxylation is 1. The lowest BCUT2D eigenvalue weighted by Gasteiger charge is -2.07. The molecule has 1 unspecified atom stereocenters. The smallest absolute Gasteiger partial charge is 0.162 e. The van der Waals surface area contributed by atoms with Crippen molar-refractivity contribution in [3.05, 3.63) is 29.0 Å². The Balaban J connectivity index is 2.17. The van der Waals surface area contributed by atoms with Crippen LogP contribution < -0.4 is 5.32 Å². The Morgan fingerprint density at radius 3 is 2.88 bits per heavy atom. The van der Waals surface area contributed by atoms with E-state index in [1.54, 1.807) is 11.3 Å². The monoisotopic (exact) mass is 250 g/mol. The van der Waals surface area contributed by atoms with Crippen molar-refractivity contribution in [3.8, 4) is 10.8 Å². The van der Waals surface area contributed by atoms with Gasteiger partial charge in [-0.1, -0.05) is 13.8 Å². The maximum Gasteiger partial charge on any atom is 0.162 e. The molecule has 0 fully saturated rings. The third-order valence-corrected chi connectivity index (χ3v) is 3.57. The van der Waals surface area contributed by atoms with Gasteiger partial charge in [-0.15, -0.1) is 11.3 Å². The normalized spacial score (nSPS) is 12.9. The van der Waals surface area contributed by atoms with Crippen LogP contribution in [0.15, 0.2) is 21.9 Å². The first kappa shape index (κ1) is 12.3. The summed E-state index contributed by atoms with van der Waals surface area (Å²) in [6.07, 6.45) is 0.923. The van der Waals surface area contributed by atoms with E-state index in [2.05, 4.69) is 36.5 Å². The van der Waals surface area contributed by atoms with Crippen molar-refractivity contribution in [1.82, 2.24) is 10.3 Å². The minimum Gasteiger partial charge on any atom is -0.459 e. The van der Waals surface area contributed by atoms with Gasteiger partial charge >= 0.3 is 0 Å². The highest BCUT2D eigenvalue weighted by molar-refractivity contribution is 7.13. The molecule has 3 nitrogen and oxygen atoms in total. The Morgan fingerprint density at radius 1 is 1.41 bits per heavy atom. The molecular weight excluding hydrogens is 232 g/mol. The molecule has 0 aliphatic heterocycles. The third-order valence-electron chi connectivity index (χ3n) is 2.70. The molecule has 1 atom stereocenters. The van der Waals surface area contributed by atoms with E-state index in [0.29, 0.717) is 6.04 Å². The molecule has 1 N–H and O–H groups in total. The molecule has 0 saturated carbocycles. The lowest BCUT2D eigenvalue weighted by atomic mass is 10.2. The van der Waals surface area contributed by atoms with Gasteiger partial charge in [-0.25, -0.2) is 4.98 Å². The van der Waals surface area contributed by atoms with Crippen LogP contribution in [-0.2, 0) is 6.42 Å². The van der Waals surface area contributed by atoms with Crippen molar-refractivity contribution in [2.45, 2.75) is 33.2 Å². The number of aromatic nitrogens is 1. The van der Waals surface area contributed by atoms with E-state index in [-0.39, 0.29) is 0 Å². The second-order valence-electron chi connectivity index (χ2n) is 3.98. The topological polar surface area (TPSA) is 38.1 Å². The van der Waals surface area contributed by atoms with Crippen molar-refractivity contribution in [2.24, 2.45) is 0 Å². The molecule has 2 aromatic heterocycles. The molecule has 0 aromatic carbocycles. The summed E-state index contributed by atoms with van der Waals surface area (Å²) < 4.78 is 5.70. The molecule has 2 aromatic rings. The van der Waals surface area contributed by atoms with Crippen LogP contribution in [-0.4, -0.2) is 11.5 Å². The SMILES string of the molecule is CCNC(C)c1csc(-c2ccc(CC)o2)n1. The van der Waals surface area contributed by atoms with Crippen molar-refractivity contribution in [2.75, 3.05) is 6.54 Å². The molecular formula is C13H18N2OS. The van der Waals surface area contributed by atoms with Crippen LogP contribution in [0.4, 0.5) is 0 Å². The van der Waals surface area contributed by atoms with Gasteiger partial charge in [0.2, 0.25) is 0 Å².